The van der Waals surface area contributed by atoms with E-state index in [9.17, 15) is 19.8 Å². The number of carbonyl (C=O) groups is 2. The van der Waals surface area contributed by atoms with Crippen LogP contribution in [0.2, 0.25) is 0 Å². The minimum atomic E-state index is -1.13. The lowest BCUT2D eigenvalue weighted by Gasteiger charge is -2.13. The molecular formula is C24H26N2O5. The smallest absolute Gasteiger partial charge is 0.358 e. The van der Waals surface area contributed by atoms with Crippen molar-refractivity contribution in [3.8, 4) is 17.0 Å². The minimum absolute atomic E-state index is 0.0167. The molecule has 0 radical (unpaired) electrons. The highest BCUT2D eigenvalue weighted by Gasteiger charge is 2.24. The molecule has 0 aliphatic heterocycles. The molecule has 1 heterocycles. The SMILES string of the molecule is CCCCc1nc(OCC)c(C(=O)O)n1Cc1ccc(-c2ccccc2)c(C(=O)O)c1. The summed E-state index contributed by atoms with van der Waals surface area (Å²) in [5.74, 6) is -1.45. The first kappa shape index (κ1) is 22.1. The normalized spacial score (nSPS) is 10.8. The Kier molecular flexibility index (Phi) is 7.07. The van der Waals surface area contributed by atoms with Crippen LogP contribution in [0.3, 0.4) is 0 Å². The summed E-state index contributed by atoms with van der Waals surface area (Å²) >= 11 is 0. The lowest BCUT2D eigenvalue weighted by Crippen LogP contribution is -2.14. The Morgan fingerprint density at radius 1 is 1.03 bits per heavy atom. The molecule has 0 bridgehead atoms. The summed E-state index contributed by atoms with van der Waals surface area (Å²) in [6, 6.07) is 14.5. The average molecular weight is 422 g/mol. The van der Waals surface area contributed by atoms with Crippen LogP contribution in [0.15, 0.2) is 48.5 Å². The van der Waals surface area contributed by atoms with Crippen molar-refractivity contribution >= 4 is 11.9 Å². The second kappa shape index (κ2) is 9.93. The van der Waals surface area contributed by atoms with Crippen LogP contribution in [0, 0.1) is 0 Å². The molecule has 3 aromatic rings. The van der Waals surface area contributed by atoms with E-state index in [4.69, 9.17) is 4.74 Å². The van der Waals surface area contributed by atoms with Crippen molar-refractivity contribution in [1.29, 1.82) is 0 Å². The largest absolute Gasteiger partial charge is 0.478 e. The van der Waals surface area contributed by atoms with Crippen molar-refractivity contribution in [2.75, 3.05) is 6.61 Å². The maximum Gasteiger partial charge on any atom is 0.358 e. The fraction of sp³-hybridized carbons (Fsp3) is 0.292. The maximum atomic E-state index is 12.0. The van der Waals surface area contributed by atoms with E-state index in [1.807, 2.05) is 36.4 Å². The highest BCUT2D eigenvalue weighted by molar-refractivity contribution is 5.96. The van der Waals surface area contributed by atoms with Crippen molar-refractivity contribution in [2.45, 2.75) is 39.7 Å². The average Bonchev–Trinajstić information content (AvgIpc) is 3.10. The molecule has 31 heavy (non-hydrogen) atoms. The molecule has 0 unspecified atom stereocenters. The molecule has 0 aliphatic rings. The van der Waals surface area contributed by atoms with Crippen LogP contribution in [0.1, 0.15) is 58.9 Å². The van der Waals surface area contributed by atoms with Gasteiger partial charge in [0.15, 0.2) is 5.69 Å². The van der Waals surface area contributed by atoms with Crippen LogP contribution in [0.25, 0.3) is 11.1 Å². The summed E-state index contributed by atoms with van der Waals surface area (Å²) in [6.07, 6.45) is 2.40. The Morgan fingerprint density at radius 2 is 1.77 bits per heavy atom. The number of imidazole rings is 1. The lowest BCUT2D eigenvalue weighted by molar-refractivity contribution is 0.0674. The van der Waals surface area contributed by atoms with E-state index >= 15 is 0 Å². The second-order valence-electron chi connectivity index (χ2n) is 7.16. The van der Waals surface area contributed by atoms with Gasteiger partial charge in [-0.15, -0.1) is 0 Å². The number of aromatic nitrogens is 2. The van der Waals surface area contributed by atoms with Crippen molar-refractivity contribution in [1.82, 2.24) is 9.55 Å². The van der Waals surface area contributed by atoms with E-state index in [0.717, 1.165) is 18.4 Å². The molecule has 0 aliphatic carbocycles. The summed E-state index contributed by atoms with van der Waals surface area (Å²) in [5, 5.41) is 19.6. The predicted molar refractivity (Wildman–Crippen MR) is 117 cm³/mol. The molecule has 7 nitrogen and oxygen atoms in total. The second-order valence-corrected chi connectivity index (χ2v) is 7.16. The minimum Gasteiger partial charge on any atom is -0.478 e. The van der Waals surface area contributed by atoms with Crippen LogP contribution in [0.4, 0.5) is 0 Å². The van der Waals surface area contributed by atoms with E-state index in [-0.39, 0.29) is 23.7 Å². The quantitative estimate of drug-likeness (QED) is 0.489. The third-order valence-corrected chi connectivity index (χ3v) is 4.99. The van der Waals surface area contributed by atoms with E-state index < -0.39 is 11.9 Å². The maximum absolute atomic E-state index is 12.0. The standard InChI is InChI=1S/C24H26N2O5/c1-3-5-11-20-25-22(31-4-2)21(24(29)30)26(20)15-16-12-13-18(19(14-16)23(27)28)17-9-7-6-8-10-17/h6-10,12-14H,3-5,11,15H2,1-2H3,(H,27,28)(H,29,30). The molecule has 162 valence electrons. The van der Waals surface area contributed by atoms with Crippen LogP contribution < -0.4 is 4.74 Å². The van der Waals surface area contributed by atoms with Crippen molar-refractivity contribution in [3.05, 3.63) is 71.2 Å². The van der Waals surface area contributed by atoms with E-state index in [2.05, 4.69) is 11.9 Å². The molecule has 1 aromatic heterocycles. The van der Waals surface area contributed by atoms with Crippen molar-refractivity contribution in [3.63, 3.8) is 0 Å². The van der Waals surface area contributed by atoms with Gasteiger partial charge in [-0.05, 0) is 36.1 Å². The molecule has 0 amide bonds. The topological polar surface area (TPSA) is 102 Å². The number of aromatic carboxylic acids is 2. The van der Waals surface area contributed by atoms with Gasteiger partial charge in [-0.2, -0.15) is 4.98 Å². The van der Waals surface area contributed by atoms with Gasteiger partial charge >= 0.3 is 11.9 Å². The Hall–Kier alpha value is -3.61. The number of hydrogen-bond donors (Lipinski definition) is 2. The summed E-state index contributed by atoms with van der Waals surface area (Å²) in [5.41, 5.74) is 2.25. The fourth-order valence-electron chi connectivity index (χ4n) is 3.53. The summed E-state index contributed by atoms with van der Waals surface area (Å²) in [7, 11) is 0. The van der Waals surface area contributed by atoms with Gasteiger partial charge in [0.1, 0.15) is 5.82 Å². The number of carboxylic acid groups (broad SMARTS) is 2. The molecule has 0 fully saturated rings. The van der Waals surface area contributed by atoms with Crippen molar-refractivity contribution in [2.24, 2.45) is 0 Å². The predicted octanol–water partition coefficient (Wildman–Crippen LogP) is 4.74. The lowest BCUT2D eigenvalue weighted by atomic mass is 9.97. The van der Waals surface area contributed by atoms with Crippen molar-refractivity contribution < 1.29 is 24.5 Å². The highest BCUT2D eigenvalue weighted by Crippen LogP contribution is 2.27. The van der Waals surface area contributed by atoms with Gasteiger partial charge in [-0.3, -0.25) is 0 Å². The van der Waals surface area contributed by atoms with E-state index in [1.165, 1.54) is 0 Å². The molecule has 0 spiro atoms. The van der Waals surface area contributed by atoms with Gasteiger partial charge in [0.2, 0.25) is 5.88 Å². The molecule has 2 aromatic carbocycles. The number of nitrogens with zero attached hydrogens (tertiary/aromatic N) is 2. The zero-order valence-corrected chi connectivity index (χ0v) is 17.7. The van der Waals surface area contributed by atoms with Gasteiger partial charge in [0.05, 0.1) is 12.2 Å². The fourth-order valence-corrected chi connectivity index (χ4v) is 3.53. The zero-order valence-electron chi connectivity index (χ0n) is 17.7. The molecule has 2 N–H and O–H groups in total. The van der Waals surface area contributed by atoms with Gasteiger partial charge in [-0.25, -0.2) is 9.59 Å². The summed E-state index contributed by atoms with van der Waals surface area (Å²) in [6.45, 7) is 4.32. The highest BCUT2D eigenvalue weighted by atomic mass is 16.5. The first-order valence-electron chi connectivity index (χ1n) is 10.3. The monoisotopic (exact) mass is 422 g/mol. The van der Waals surface area contributed by atoms with Gasteiger partial charge in [0.25, 0.3) is 0 Å². The summed E-state index contributed by atoms with van der Waals surface area (Å²) in [4.78, 5) is 28.3. The number of ether oxygens (including phenoxy) is 1. The molecule has 0 saturated heterocycles. The number of rotatable bonds is 10. The number of carboxylic acids is 2. The van der Waals surface area contributed by atoms with Crippen LogP contribution in [-0.4, -0.2) is 38.3 Å². The van der Waals surface area contributed by atoms with Crippen LogP contribution >= 0.6 is 0 Å². The van der Waals surface area contributed by atoms with Gasteiger partial charge < -0.3 is 19.5 Å². The Labute approximate surface area is 180 Å². The van der Waals surface area contributed by atoms with E-state index in [0.29, 0.717) is 30.0 Å². The van der Waals surface area contributed by atoms with Gasteiger partial charge in [0, 0.05) is 13.0 Å². The third kappa shape index (κ3) is 4.94. The van der Waals surface area contributed by atoms with Crippen LogP contribution in [-0.2, 0) is 13.0 Å². The molecule has 7 heteroatoms. The molecule has 0 atom stereocenters. The van der Waals surface area contributed by atoms with E-state index in [1.54, 1.807) is 23.6 Å². The number of aryl methyl sites for hydroxylation is 1. The molecule has 3 rings (SSSR count). The molecular weight excluding hydrogens is 396 g/mol. The Balaban J connectivity index is 2.06. The third-order valence-electron chi connectivity index (χ3n) is 4.99. The van der Waals surface area contributed by atoms with Crippen LogP contribution in [0.5, 0.6) is 5.88 Å². The van der Waals surface area contributed by atoms with Gasteiger partial charge in [-0.1, -0.05) is 55.8 Å². The zero-order chi connectivity index (χ0) is 22.4. The first-order valence-corrected chi connectivity index (χ1v) is 10.3. The first-order chi connectivity index (χ1) is 15.0. The summed E-state index contributed by atoms with van der Waals surface area (Å²) < 4.78 is 7.09. The Morgan fingerprint density at radius 3 is 2.39 bits per heavy atom. The number of benzene rings is 2. The molecule has 0 saturated carbocycles. The number of hydrogen-bond acceptors (Lipinski definition) is 4. The number of unbranched alkanes of at least 4 members (excludes halogenated alkanes) is 1. The Bertz CT molecular complexity index is 1070.